The first-order valence-electron chi connectivity index (χ1n) is 6.53. The van der Waals surface area contributed by atoms with Crippen molar-refractivity contribution < 1.29 is 19.6 Å². The molecule has 0 aliphatic carbocycles. The van der Waals surface area contributed by atoms with Crippen molar-refractivity contribution in [2.75, 3.05) is 6.54 Å². The Morgan fingerprint density at radius 3 is 2.43 bits per heavy atom. The standard InChI is InChI=1S/C14H18N2O5/c1-8(2)11-5-4-10(6-12(11)16(20)21)13(17)15-7-9(3)14(18)19/h4-6,8-9H,7H2,1-3H3,(H,15,17)(H,18,19). The molecule has 0 saturated carbocycles. The maximum atomic E-state index is 11.9. The lowest BCUT2D eigenvalue weighted by Gasteiger charge is -2.10. The Morgan fingerprint density at radius 2 is 1.95 bits per heavy atom. The first-order valence-corrected chi connectivity index (χ1v) is 6.53. The van der Waals surface area contributed by atoms with Gasteiger partial charge < -0.3 is 10.4 Å². The summed E-state index contributed by atoms with van der Waals surface area (Å²) in [6.07, 6.45) is 0. The van der Waals surface area contributed by atoms with Gasteiger partial charge in [-0.15, -0.1) is 0 Å². The summed E-state index contributed by atoms with van der Waals surface area (Å²) in [7, 11) is 0. The van der Waals surface area contributed by atoms with Crippen LogP contribution in [-0.4, -0.2) is 28.5 Å². The Labute approximate surface area is 122 Å². The number of hydrogen-bond donors (Lipinski definition) is 2. The molecule has 0 aliphatic rings. The van der Waals surface area contributed by atoms with E-state index in [1.807, 2.05) is 13.8 Å². The van der Waals surface area contributed by atoms with Gasteiger partial charge in [-0.05, 0) is 12.0 Å². The minimum Gasteiger partial charge on any atom is -0.481 e. The topological polar surface area (TPSA) is 110 Å². The lowest BCUT2D eigenvalue weighted by atomic mass is 9.99. The molecule has 0 saturated heterocycles. The molecule has 0 radical (unpaired) electrons. The smallest absolute Gasteiger partial charge is 0.308 e. The lowest BCUT2D eigenvalue weighted by Crippen LogP contribution is -2.31. The summed E-state index contributed by atoms with van der Waals surface area (Å²) in [5.41, 5.74) is 0.586. The van der Waals surface area contributed by atoms with Gasteiger partial charge in [0.05, 0.1) is 10.8 Å². The van der Waals surface area contributed by atoms with Crippen LogP contribution in [0.3, 0.4) is 0 Å². The number of nitrogens with zero attached hydrogens (tertiary/aromatic N) is 1. The van der Waals surface area contributed by atoms with E-state index in [1.54, 1.807) is 6.07 Å². The molecular formula is C14H18N2O5. The van der Waals surface area contributed by atoms with Gasteiger partial charge in [0.1, 0.15) is 0 Å². The zero-order valence-electron chi connectivity index (χ0n) is 12.1. The number of hydrogen-bond acceptors (Lipinski definition) is 4. The molecule has 1 aromatic carbocycles. The van der Waals surface area contributed by atoms with Crippen LogP contribution in [0.15, 0.2) is 18.2 Å². The number of nitro benzene ring substituents is 1. The average Bonchev–Trinajstić information content (AvgIpc) is 2.43. The fourth-order valence-corrected chi connectivity index (χ4v) is 1.77. The molecule has 21 heavy (non-hydrogen) atoms. The highest BCUT2D eigenvalue weighted by molar-refractivity contribution is 5.95. The molecule has 1 rings (SSSR count). The quantitative estimate of drug-likeness (QED) is 0.617. The van der Waals surface area contributed by atoms with Crippen LogP contribution in [0, 0.1) is 16.0 Å². The van der Waals surface area contributed by atoms with Gasteiger partial charge >= 0.3 is 5.97 Å². The van der Waals surface area contributed by atoms with Crippen molar-refractivity contribution in [3.8, 4) is 0 Å². The summed E-state index contributed by atoms with van der Waals surface area (Å²) >= 11 is 0. The number of carbonyl (C=O) groups excluding carboxylic acids is 1. The Balaban J connectivity index is 2.93. The van der Waals surface area contributed by atoms with Crippen LogP contribution in [0.5, 0.6) is 0 Å². The molecule has 1 amide bonds. The number of amides is 1. The second kappa shape index (κ2) is 6.83. The number of carboxylic acid groups (broad SMARTS) is 1. The highest BCUT2D eigenvalue weighted by Crippen LogP contribution is 2.27. The Kier molecular flexibility index (Phi) is 5.40. The number of carbonyl (C=O) groups is 2. The first-order chi connectivity index (χ1) is 9.73. The summed E-state index contributed by atoms with van der Waals surface area (Å²) < 4.78 is 0. The van der Waals surface area contributed by atoms with E-state index in [0.717, 1.165) is 0 Å². The van der Waals surface area contributed by atoms with E-state index in [-0.39, 0.29) is 23.7 Å². The SMILES string of the molecule is CC(CNC(=O)c1ccc(C(C)C)c([N+](=O)[O-])c1)C(=O)O. The molecule has 114 valence electrons. The molecule has 0 bridgehead atoms. The van der Waals surface area contributed by atoms with Gasteiger partial charge in [0.2, 0.25) is 0 Å². The van der Waals surface area contributed by atoms with Gasteiger partial charge in [0.25, 0.3) is 11.6 Å². The van der Waals surface area contributed by atoms with Gasteiger partial charge in [0, 0.05) is 23.7 Å². The molecule has 0 aliphatic heterocycles. The van der Waals surface area contributed by atoms with Crippen LogP contribution in [0.25, 0.3) is 0 Å². The summed E-state index contributed by atoms with van der Waals surface area (Å²) in [5, 5.41) is 22.2. The Hall–Kier alpha value is -2.44. The van der Waals surface area contributed by atoms with Crippen LogP contribution in [0.2, 0.25) is 0 Å². The Morgan fingerprint density at radius 1 is 1.33 bits per heavy atom. The monoisotopic (exact) mass is 294 g/mol. The van der Waals surface area contributed by atoms with Gasteiger partial charge in [-0.25, -0.2) is 0 Å². The van der Waals surface area contributed by atoms with Gasteiger partial charge in [0.15, 0.2) is 0 Å². The van der Waals surface area contributed by atoms with Crippen LogP contribution in [0.1, 0.15) is 42.6 Å². The van der Waals surface area contributed by atoms with E-state index in [0.29, 0.717) is 5.56 Å². The zero-order chi connectivity index (χ0) is 16.2. The van der Waals surface area contributed by atoms with Crippen LogP contribution in [0.4, 0.5) is 5.69 Å². The van der Waals surface area contributed by atoms with Crippen molar-refractivity contribution in [1.82, 2.24) is 5.32 Å². The molecule has 1 unspecified atom stereocenters. The molecule has 0 heterocycles. The number of carboxylic acids is 1. The number of nitro groups is 1. The van der Waals surface area contributed by atoms with Gasteiger partial charge in [-0.2, -0.15) is 0 Å². The van der Waals surface area contributed by atoms with Gasteiger partial charge in [-0.1, -0.05) is 26.8 Å². The number of benzene rings is 1. The third kappa shape index (κ3) is 4.27. The molecule has 0 spiro atoms. The van der Waals surface area contributed by atoms with Crippen molar-refractivity contribution in [3.63, 3.8) is 0 Å². The van der Waals surface area contributed by atoms with E-state index in [1.165, 1.54) is 19.1 Å². The van der Waals surface area contributed by atoms with Crippen LogP contribution >= 0.6 is 0 Å². The van der Waals surface area contributed by atoms with Crippen LogP contribution < -0.4 is 5.32 Å². The van der Waals surface area contributed by atoms with Crippen molar-refractivity contribution in [2.45, 2.75) is 26.7 Å². The fourth-order valence-electron chi connectivity index (χ4n) is 1.77. The molecule has 2 N–H and O–H groups in total. The largest absolute Gasteiger partial charge is 0.481 e. The van der Waals surface area contributed by atoms with Crippen molar-refractivity contribution >= 4 is 17.6 Å². The molecule has 7 nitrogen and oxygen atoms in total. The normalized spacial score (nSPS) is 12.0. The van der Waals surface area contributed by atoms with E-state index in [9.17, 15) is 19.7 Å². The predicted molar refractivity (Wildman–Crippen MR) is 76.3 cm³/mol. The second-order valence-electron chi connectivity index (χ2n) is 5.13. The minimum absolute atomic E-state index is 0.0328. The molecule has 0 fully saturated rings. The maximum Gasteiger partial charge on any atom is 0.308 e. The molecule has 1 aromatic rings. The predicted octanol–water partition coefficient (Wildman–Crippen LogP) is 2.17. The van der Waals surface area contributed by atoms with E-state index in [4.69, 9.17) is 5.11 Å². The van der Waals surface area contributed by atoms with Crippen LogP contribution in [-0.2, 0) is 4.79 Å². The molecule has 0 aromatic heterocycles. The number of rotatable bonds is 6. The average molecular weight is 294 g/mol. The third-order valence-electron chi connectivity index (χ3n) is 3.10. The first kappa shape index (κ1) is 16.6. The summed E-state index contributed by atoms with van der Waals surface area (Å²) in [5.74, 6) is -2.30. The zero-order valence-corrected chi connectivity index (χ0v) is 12.1. The van der Waals surface area contributed by atoms with E-state index in [2.05, 4.69) is 5.32 Å². The summed E-state index contributed by atoms with van der Waals surface area (Å²) in [6, 6.07) is 4.28. The fraction of sp³-hybridized carbons (Fsp3) is 0.429. The summed E-state index contributed by atoms with van der Waals surface area (Å²) in [6.45, 7) is 5.09. The van der Waals surface area contributed by atoms with Gasteiger partial charge in [-0.3, -0.25) is 19.7 Å². The van der Waals surface area contributed by atoms with E-state index < -0.39 is 22.7 Å². The Bertz CT molecular complexity index is 568. The number of nitrogens with one attached hydrogen (secondary N) is 1. The van der Waals surface area contributed by atoms with Crippen molar-refractivity contribution in [1.29, 1.82) is 0 Å². The number of aliphatic carboxylic acids is 1. The molecular weight excluding hydrogens is 276 g/mol. The highest BCUT2D eigenvalue weighted by atomic mass is 16.6. The molecule has 7 heteroatoms. The second-order valence-corrected chi connectivity index (χ2v) is 5.13. The minimum atomic E-state index is -1.02. The van der Waals surface area contributed by atoms with E-state index >= 15 is 0 Å². The highest BCUT2D eigenvalue weighted by Gasteiger charge is 2.20. The summed E-state index contributed by atoms with van der Waals surface area (Å²) in [4.78, 5) is 33.1. The maximum absolute atomic E-state index is 11.9. The van der Waals surface area contributed by atoms with Crippen molar-refractivity contribution in [2.24, 2.45) is 5.92 Å². The third-order valence-corrected chi connectivity index (χ3v) is 3.10. The van der Waals surface area contributed by atoms with Crippen molar-refractivity contribution in [3.05, 3.63) is 39.4 Å². The lowest BCUT2D eigenvalue weighted by molar-refractivity contribution is -0.385. The molecule has 1 atom stereocenters.